The molecular weight excluding hydrogens is 583 g/mol. The van der Waals surface area contributed by atoms with E-state index >= 15 is 0 Å². The average molecular weight is 598 g/mol. The number of hydrogen-bond acceptors (Lipinski definition) is 2. The zero-order valence-electron chi connectivity index (χ0n) is 18.5. The molecule has 1 unspecified atom stereocenters. The molecule has 19 heteroatoms. The molecule has 0 aliphatic rings. The Labute approximate surface area is 201 Å². The highest BCUT2D eigenvalue weighted by atomic mass is 19.4. The van der Waals surface area contributed by atoms with E-state index in [0.29, 0.717) is 6.07 Å². The molecule has 0 radical (unpaired) electrons. The van der Waals surface area contributed by atoms with Crippen molar-refractivity contribution in [2.45, 2.75) is 73.5 Å². The average Bonchev–Trinajstić information content (AvgIpc) is 2.71. The van der Waals surface area contributed by atoms with Gasteiger partial charge in [-0.05, 0) is 19.9 Å². The molecular formula is C19H15F17O2. The van der Waals surface area contributed by atoms with Gasteiger partial charge in [0.2, 0.25) is 0 Å². The second kappa shape index (κ2) is 9.46. The molecule has 2 nitrogen and oxygen atoms in total. The Kier molecular flexibility index (Phi) is 8.42. The van der Waals surface area contributed by atoms with Crippen molar-refractivity contribution in [2.24, 2.45) is 0 Å². The maximum atomic E-state index is 14.3. The van der Waals surface area contributed by atoms with Gasteiger partial charge in [0.25, 0.3) is 0 Å². The van der Waals surface area contributed by atoms with Crippen molar-refractivity contribution < 1.29 is 84.5 Å². The SMILES string of the molecule is CCOc1ccccc1C(C)(O)CC(F)(F)C(F)(F)C(F)(F)C(F)(F)C(F)(F)C(F)(F)C(F)(F)C(F)(F)F. The van der Waals surface area contributed by atoms with Crippen LogP contribution in [0.1, 0.15) is 25.8 Å². The predicted molar refractivity (Wildman–Crippen MR) is 92.5 cm³/mol. The van der Waals surface area contributed by atoms with E-state index in [2.05, 4.69) is 0 Å². The lowest BCUT2D eigenvalue weighted by molar-refractivity contribution is -0.462. The molecule has 0 spiro atoms. The van der Waals surface area contributed by atoms with Crippen LogP contribution in [-0.4, -0.2) is 59.3 Å². The minimum Gasteiger partial charge on any atom is -0.493 e. The molecule has 0 amide bonds. The summed E-state index contributed by atoms with van der Waals surface area (Å²) < 4.78 is 233. The molecule has 0 heterocycles. The molecule has 0 saturated heterocycles. The Bertz CT molecular complexity index is 982. The van der Waals surface area contributed by atoms with Gasteiger partial charge in [-0.3, -0.25) is 0 Å². The molecule has 38 heavy (non-hydrogen) atoms. The van der Waals surface area contributed by atoms with Crippen LogP contribution >= 0.6 is 0 Å². The number of para-hydroxylation sites is 1. The number of aliphatic hydroxyl groups is 1. The number of ether oxygens (including phenoxy) is 1. The number of benzene rings is 1. The van der Waals surface area contributed by atoms with Crippen LogP contribution in [0.15, 0.2) is 24.3 Å². The van der Waals surface area contributed by atoms with Crippen LogP contribution in [0.25, 0.3) is 0 Å². The van der Waals surface area contributed by atoms with Gasteiger partial charge in [-0.25, -0.2) is 0 Å². The molecule has 1 aromatic rings. The normalized spacial score (nSPS) is 16.8. The van der Waals surface area contributed by atoms with Crippen LogP contribution < -0.4 is 4.74 Å². The van der Waals surface area contributed by atoms with E-state index in [1.165, 1.54) is 6.92 Å². The largest absolute Gasteiger partial charge is 0.493 e. The highest BCUT2D eigenvalue weighted by Crippen LogP contribution is 2.64. The Hall–Kier alpha value is -2.21. The van der Waals surface area contributed by atoms with Crippen LogP contribution in [0.2, 0.25) is 0 Å². The summed E-state index contributed by atoms with van der Waals surface area (Å²) in [6.07, 6.45) is -10.8. The van der Waals surface area contributed by atoms with Gasteiger partial charge in [-0.15, -0.1) is 0 Å². The minimum absolute atomic E-state index is 0.220. The Morgan fingerprint density at radius 3 is 1.37 bits per heavy atom. The summed E-state index contributed by atoms with van der Waals surface area (Å²) in [6.45, 7) is 1.24. The molecule has 0 aromatic heterocycles. The van der Waals surface area contributed by atoms with Gasteiger partial charge in [-0.1, -0.05) is 18.2 Å². The zero-order valence-corrected chi connectivity index (χ0v) is 18.5. The second-order valence-corrected chi connectivity index (χ2v) is 8.03. The standard InChI is InChI=1S/C19H15F17O2/c1-3-38-10-7-5-4-6-9(10)11(2,37)8-12(20,21)13(22,23)14(24,25)15(26,27)16(28,29)17(30,31)18(32,33)19(34,35)36/h4-7,37H,3,8H2,1-2H3. The molecule has 0 aliphatic heterocycles. The molecule has 1 aromatic carbocycles. The van der Waals surface area contributed by atoms with Gasteiger partial charge in [0, 0.05) is 5.56 Å². The van der Waals surface area contributed by atoms with Crippen LogP contribution in [0.3, 0.4) is 0 Å². The van der Waals surface area contributed by atoms with Crippen molar-refractivity contribution in [1.29, 1.82) is 0 Å². The van der Waals surface area contributed by atoms with Crippen molar-refractivity contribution in [3.8, 4) is 5.75 Å². The molecule has 0 bridgehead atoms. The predicted octanol–water partition coefficient (Wildman–Crippen LogP) is 7.69. The summed E-state index contributed by atoms with van der Waals surface area (Å²) in [5.74, 6) is -57.7. The van der Waals surface area contributed by atoms with Crippen LogP contribution in [0.5, 0.6) is 5.75 Å². The number of rotatable bonds is 11. The summed E-state index contributed by atoms with van der Waals surface area (Å²) in [7, 11) is 0. The lowest BCUT2D eigenvalue weighted by atomic mass is 9.83. The highest BCUT2D eigenvalue weighted by molar-refractivity contribution is 5.38. The maximum Gasteiger partial charge on any atom is 0.460 e. The number of hydrogen-bond donors (Lipinski definition) is 1. The third-order valence-corrected chi connectivity index (χ3v) is 5.12. The first-order valence-corrected chi connectivity index (χ1v) is 9.67. The van der Waals surface area contributed by atoms with Crippen LogP contribution in [0, 0.1) is 0 Å². The van der Waals surface area contributed by atoms with Crippen LogP contribution in [0.4, 0.5) is 74.6 Å². The summed E-state index contributed by atoms with van der Waals surface area (Å²) in [5.41, 5.74) is -4.30. The lowest BCUT2D eigenvalue weighted by Crippen LogP contribution is -2.74. The summed E-state index contributed by atoms with van der Waals surface area (Å²) in [5, 5.41) is 10.2. The fraction of sp³-hybridized carbons (Fsp3) is 0.684. The summed E-state index contributed by atoms with van der Waals surface area (Å²) in [6, 6.07) is 3.70. The first-order chi connectivity index (χ1) is 16.5. The first kappa shape index (κ1) is 33.8. The van der Waals surface area contributed by atoms with E-state index in [0.717, 1.165) is 18.2 Å². The summed E-state index contributed by atoms with van der Waals surface area (Å²) in [4.78, 5) is 0. The van der Waals surface area contributed by atoms with Gasteiger partial charge in [-0.2, -0.15) is 74.6 Å². The zero-order chi connectivity index (χ0) is 30.6. The van der Waals surface area contributed by atoms with Crippen molar-refractivity contribution in [2.75, 3.05) is 6.61 Å². The monoisotopic (exact) mass is 598 g/mol. The molecule has 222 valence electrons. The maximum absolute atomic E-state index is 14.3. The van der Waals surface area contributed by atoms with Gasteiger partial charge in [0.1, 0.15) is 5.75 Å². The Morgan fingerprint density at radius 2 is 0.974 bits per heavy atom. The molecule has 1 atom stereocenters. The molecule has 0 fully saturated rings. The van der Waals surface area contributed by atoms with E-state index < -0.39 is 71.0 Å². The third kappa shape index (κ3) is 4.82. The highest BCUT2D eigenvalue weighted by Gasteiger charge is 2.95. The van der Waals surface area contributed by atoms with Gasteiger partial charge in [0.05, 0.1) is 18.6 Å². The molecule has 0 saturated carbocycles. The first-order valence-electron chi connectivity index (χ1n) is 9.67. The van der Waals surface area contributed by atoms with E-state index in [1.807, 2.05) is 0 Å². The smallest absolute Gasteiger partial charge is 0.460 e. The fourth-order valence-corrected chi connectivity index (χ4v) is 3.03. The topological polar surface area (TPSA) is 29.5 Å². The van der Waals surface area contributed by atoms with Crippen molar-refractivity contribution in [3.63, 3.8) is 0 Å². The fourth-order valence-electron chi connectivity index (χ4n) is 3.03. The molecule has 1 rings (SSSR count). The molecule has 1 N–H and O–H groups in total. The Morgan fingerprint density at radius 1 is 0.605 bits per heavy atom. The van der Waals surface area contributed by atoms with Crippen molar-refractivity contribution in [1.82, 2.24) is 0 Å². The minimum atomic E-state index is -8.70. The van der Waals surface area contributed by atoms with E-state index in [9.17, 15) is 79.7 Å². The number of halogens is 17. The van der Waals surface area contributed by atoms with Gasteiger partial charge >= 0.3 is 47.6 Å². The lowest BCUT2D eigenvalue weighted by Gasteiger charge is -2.43. The second-order valence-electron chi connectivity index (χ2n) is 8.03. The van der Waals surface area contributed by atoms with Gasteiger partial charge < -0.3 is 9.84 Å². The van der Waals surface area contributed by atoms with Crippen molar-refractivity contribution >= 4 is 0 Å². The van der Waals surface area contributed by atoms with Crippen LogP contribution in [-0.2, 0) is 5.60 Å². The van der Waals surface area contributed by atoms with E-state index in [4.69, 9.17) is 4.74 Å². The van der Waals surface area contributed by atoms with E-state index in [-0.39, 0.29) is 13.5 Å². The number of alkyl halides is 17. The van der Waals surface area contributed by atoms with Crippen molar-refractivity contribution in [3.05, 3.63) is 29.8 Å². The quantitative estimate of drug-likeness (QED) is 0.265. The molecule has 0 aliphatic carbocycles. The summed E-state index contributed by atoms with van der Waals surface area (Å²) >= 11 is 0. The van der Waals surface area contributed by atoms with Gasteiger partial charge in [0.15, 0.2) is 0 Å². The van der Waals surface area contributed by atoms with E-state index in [1.54, 1.807) is 0 Å². The third-order valence-electron chi connectivity index (χ3n) is 5.12. The Balaban J connectivity index is 3.64.